The van der Waals surface area contributed by atoms with E-state index in [4.69, 9.17) is 5.73 Å². The molecule has 1 heterocycles. The van der Waals surface area contributed by atoms with Gasteiger partial charge in [0.1, 0.15) is 5.82 Å². The lowest BCUT2D eigenvalue weighted by Crippen LogP contribution is -2.43. The zero-order valence-electron chi connectivity index (χ0n) is 10.3. The molecule has 2 rings (SSSR count). The van der Waals surface area contributed by atoms with Crippen LogP contribution in [-0.4, -0.2) is 29.3 Å². The first-order valence-corrected chi connectivity index (χ1v) is 6.28. The van der Waals surface area contributed by atoms with E-state index in [0.29, 0.717) is 6.54 Å². The number of aliphatic hydroxyl groups excluding tert-OH is 1. The highest BCUT2D eigenvalue weighted by molar-refractivity contribution is 5.41. The van der Waals surface area contributed by atoms with E-state index in [-0.39, 0.29) is 12.1 Å². The summed E-state index contributed by atoms with van der Waals surface area (Å²) in [5.41, 5.74) is 6.70. The summed E-state index contributed by atoms with van der Waals surface area (Å²) in [6.07, 6.45) is 5.78. The van der Waals surface area contributed by atoms with E-state index in [1.807, 2.05) is 19.2 Å². The van der Waals surface area contributed by atoms with Gasteiger partial charge >= 0.3 is 0 Å². The molecule has 17 heavy (non-hydrogen) atoms. The third-order valence-corrected chi connectivity index (χ3v) is 3.60. The van der Waals surface area contributed by atoms with Crippen LogP contribution in [0.5, 0.6) is 0 Å². The highest BCUT2D eigenvalue weighted by atomic mass is 16.3. The van der Waals surface area contributed by atoms with E-state index >= 15 is 0 Å². The summed E-state index contributed by atoms with van der Waals surface area (Å²) in [4.78, 5) is 6.44. The van der Waals surface area contributed by atoms with Crippen LogP contribution in [0.4, 0.5) is 5.82 Å². The second-order valence-corrected chi connectivity index (χ2v) is 4.76. The molecule has 0 amide bonds. The number of nitrogens with zero attached hydrogens (tertiary/aromatic N) is 2. The molecule has 94 valence electrons. The van der Waals surface area contributed by atoms with Gasteiger partial charge in [0.05, 0.1) is 12.1 Å². The Hall–Kier alpha value is -1.13. The monoisotopic (exact) mass is 235 g/mol. The van der Waals surface area contributed by atoms with Crippen molar-refractivity contribution in [1.29, 1.82) is 0 Å². The van der Waals surface area contributed by atoms with Crippen LogP contribution in [0.1, 0.15) is 31.2 Å². The highest BCUT2D eigenvalue weighted by Crippen LogP contribution is 2.25. The lowest BCUT2D eigenvalue weighted by atomic mass is 9.91. The van der Waals surface area contributed by atoms with Gasteiger partial charge in [-0.15, -0.1) is 0 Å². The second kappa shape index (κ2) is 5.47. The summed E-state index contributed by atoms with van der Waals surface area (Å²) in [5, 5.41) is 10.0. The minimum atomic E-state index is -0.239. The summed E-state index contributed by atoms with van der Waals surface area (Å²) >= 11 is 0. The molecule has 2 unspecified atom stereocenters. The number of hydrogen-bond acceptors (Lipinski definition) is 4. The van der Waals surface area contributed by atoms with Crippen molar-refractivity contribution < 1.29 is 5.11 Å². The van der Waals surface area contributed by atoms with E-state index in [0.717, 1.165) is 30.6 Å². The maximum atomic E-state index is 10.0. The van der Waals surface area contributed by atoms with Crippen molar-refractivity contribution in [2.45, 2.75) is 44.4 Å². The Kier molecular flexibility index (Phi) is 3.97. The molecule has 1 aliphatic carbocycles. The summed E-state index contributed by atoms with van der Waals surface area (Å²) in [6.45, 7) is 0.524. The van der Waals surface area contributed by atoms with Crippen LogP contribution in [0.2, 0.25) is 0 Å². The molecule has 1 aliphatic rings. The van der Waals surface area contributed by atoms with Crippen molar-refractivity contribution in [2.24, 2.45) is 5.73 Å². The van der Waals surface area contributed by atoms with E-state index in [1.165, 1.54) is 6.42 Å². The number of aliphatic hydroxyl groups is 1. The van der Waals surface area contributed by atoms with Crippen LogP contribution in [0.25, 0.3) is 0 Å². The minimum absolute atomic E-state index is 0.185. The minimum Gasteiger partial charge on any atom is -0.391 e. The molecule has 0 radical (unpaired) electrons. The molecule has 0 aromatic carbocycles. The SMILES string of the molecule is CN(c1cc(CN)ccn1)C1CCCCC1O. The van der Waals surface area contributed by atoms with Gasteiger partial charge in [0.25, 0.3) is 0 Å². The molecule has 0 spiro atoms. The molecule has 1 fully saturated rings. The number of hydrogen-bond donors (Lipinski definition) is 2. The Bertz CT molecular complexity index is 369. The number of aromatic nitrogens is 1. The molecule has 0 bridgehead atoms. The van der Waals surface area contributed by atoms with Gasteiger partial charge in [-0.2, -0.15) is 0 Å². The number of rotatable bonds is 3. The maximum Gasteiger partial charge on any atom is 0.128 e. The van der Waals surface area contributed by atoms with Gasteiger partial charge in [0.2, 0.25) is 0 Å². The van der Waals surface area contributed by atoms with E-state index in [9.17, 15) is 5.11 Å². The molecule has 0 aliphatic heterocycles. The smallest absolute Gasteiger partial charge is 0.128 e. The van der Waals surface area contributed by atoms with Crippen LogP contribution >= 0.6 is 0 Å². The largest absolute Gasteiger partial charge is 0.391 e. The molecule has 3 N–H and O–H groups in total. The summed E-state index contributed by atoms with van der Waals surface area (Å²) in [5.74, 6) is 0.902. The first-order chi connectivity index (χ1) is 8.22. The van der Waals surface area contributed by atoms with E-state index in [2.05, 4.69) is 9.88 Å². The fourth-order valence-corrected chi connectivity index (χ4v) is 2.49. The van der Waals surface area contributed by atoms with Crippen molar-refractivity contribution in [3.05, 3.63) is 23.9 Å². The second-order valence-electron chi connectivity index (χ2n) is 4.76. The van der Waals surface area contributed by atoms with Gasteiger partial charge in [-0.1, -0.05) is 12.8 Å². The van der Waals surface area contributed by atoms with Gasteiger partial charge in [0.15, 0.2) is 0 Å². The van der Waals surface area contributed by atoms with Crippen LogP contribution in [0, 0.1) is 0 Å². The Labute approximate surface area is 102 Å². The van der Waals surface area contributed by atoms with Gasteiger partial charge in [0, 0.05) is 19.8 Å². The lowest BCUT2D eigenvalue weighted by molar-refractivity contribution is 0.106. The van der Waals surface area contributed by atoms with Crippen molar-refractivity contribution in [2.75, 3.05) is 11.9 Å². The summed E-state index contributed by atoms with van der Waals surface area (Å²) < 4.78 is 0. The normalized spacial score (nSPS) is 24.6. The molecule has 1 saturated carbocycles. The zero-order valence-corrected chi connectivity index (χ0v) is 10.3. The maximum absolute atomic E-state index is 10.0. The number of anilines is 1. The Balaban J connectivity index is 2.14. The molecule has 2 atom stereocenters. The van der Waals surface area contributed by atoms with Gasteiger partial charge in [-0.05, 0) is 30.5 Å². The van der Waals surface area contributed by atoms with Crippen molar-refractivity contribution in [1.82, 2.24) is 4.98 Å². The molecular weight excluding hydrogens is 214 g/mol. The first-order valence-electron chi connectivity index (χ1n) is 6.28. The topological polar surface area (TPSA) is 62.4 Å². The Morgan fingerprint density at radius 1 is 1.47 bits per heavy atom. The standard InChI is InChI=1S/C13H21N3O/c1-16(11-4-2-3-5-12(11)17)13-8-10(9-14)6-7-15-13/h6-8,11-12,17H,2-5,9,14H2,1H3. The zero-order chi connectivity index (χ0) is 12.3. The average molecular weight is 235 g/mol. The van der Waals surface area contributed by atoms with Crippen LogP contribution in [-0.2, 0) is 6.54 Å². The Morgan fingerprint density at radius 2 is 2.24 bits per heavy atom. The van der Waals surface area contributed by atoms with Crippen LogP contribution < -0.4 is 10.6 Å². The third-order valence-electron chi connectivity index (χ3n) is 3.60. The van der Waals surface area contributed by atoms with E-state index < -0.39 is 0 Å². The van der Waals surface area contributed by atoms with Crippen molar-refractivity contribution in [3.63, 3.8) is 0 Å². The quantitative estimate of drug-likeness (QED) is 0.828. The highest BCUT2D eigenvalue weighted by Gasteiger charge is 2.27. The predicted molar refractivity (Wildman–Crippen MR) is 68.8 cm³/mol. The van der Waals surface area contributed by atoms with Crippen LogP contribution in [0.3, 0.4) is 0 Å². The third kappa shape index (κ3) is 2.76. The van der Waals surface area contributed by atoms with E-state index in [1.54, 1.807) is 6.20 Å². The molecule has 1 aromatic rings. The molecular formula is C13H21N3O. The molecule has 4 nitrogen and oxygen atoms in total. The summed E-state index contributed by atoms with van der Waals surface area (Å²) in [6, 6.07) is 4.11. The number of likely N-dealkylation sites (N-methyl/N-ethyl adjacent to an activating group) is 1. The summed E-state index contributed by atoms with van der Waals surface area (Å²) in [7, 11) is 2.00. The lowest BCUT2D eigenvalue weighted by Gasteiger charge is -2.36. The van der Waals surface area contributed by atoms with Gasteiger partial charge in [-0.25, -0.2) is 4.98 Å². The Morgan fingerprint density at radius 3 is 2.94 bits per heavy atom. The van der Waals surface area contributed by atoms with Gasteiger partial charge in [-0.3, -0.25) is 0 Å². The van der Waals surface area contributed by atoms with Crippen LogP contribution in [0.15, 0.2) is 18.3 Å². The fraction of sp³-hybridized carbons (Fsp3) is 0.615. The number of nitrogens with two attached hydrogens (primary N) is 1. The van der Waals surface area contributed by atoms with Crippen molar-refractivity contribution in [3.8, 4) is 0 Å². The molecule has 0 saturated heterocycles. The molecule has 1 aromatic heterocycles. The fourth-order valence-electron chi connectivity index (χ4n) is 2.49. The molecule has 4 heteroatoms. The van der Waals surface area contributed by atoms with Gasteiger partial charge < -0.3 is 15.7 Å². The number of pyridine rings is 1. The predicted octanol–water partition coefficient (Wildman–Crippen LogP) is 1.28. The van der Waals surface area contributed by atoms with Crippen molar-refractivity contribution >= 4 is 5.82 Å². The first kappa shape index (κ1) is 12.3. The average Bonchev–Trinajstić information content (AvgIpc) is 2.38.